The highest BCUT2D eigenvalue weighted by Crippen LogP contribution is 2.36. The van der Waals surface area contributed by atoms with E-state index in [0.29, 0.717) is 6.42 Å². The van der Waals surface area contributed by atoms with Crippen molar-refractivity contribution in [2.75, 3.05) is 20.7 Å². The molecular weight excluding hydrogens is 692 g/mol. The molecule has 12 heteroatoms. The van der Waals surface area contributed by atoms with E-state index in [0.717, 1.165) is 16.3 Å². The van der Waals surface area contributed by atoms with Crippen LogP contribution >= 0.6 is 0 Å². The molecule has 2 aliphatic heterocycles. The Balaban J connectivity index is 1.79. The predicted molar refractivity (Wildman–Crippen MR) is 206 cm³/mol. The highest BCUT2D eigenvalue weighted by atomic mass is 16.7. The average Bonchev–Trinajstić information content (AvgIpc) is 3.13. The van der Waals surface area contributed by atoms with Crippen LogP contribution in [0.3, 0.4) is 0 Å². The van der Waals surface area contributed by atoms with Gasteiger partial charge in [-0.05, 0) is 84.3 Å². The normalized spacial score (nSPS) is 37.9. The van der Waals surface area contributed by atoms with E-state index in [-0.39, 0.29) is 31.6 Å². The van der Waals surface area contributed by atoms with E-state index in [4.69, 9.17) is 18.9 Å². The van der Waals surface area contributed by atoms with Gasteiger partial charge in [0, 0.05) is 18.0 Å². The summed E-state index contributed by atoms with van der Waals surface area (Å²) in [5.74, 6) is -5.34. The lowest BCUT2D eigenvalue weighted by atomic mass is 9.79. The first kappa shape index (κ1) is 43.5. The van der Waals surface area contributed by atoms with E-state index in [9.17, 15) is 29.7 Å². The number of esters is 1. The zero-order valence-corrected chi connectivity index (χ0v) is 33.5. The first-order chi connectivity index (χ1) is 25.3. The number of likely N-dealkylation sites (N-methyl/N-ethyl adjacent to an activating group) is 1. The van der Waals surface area contributed by atoms with E-state index < -0.39 is 83.4 Å². The molecule has 4 rings (SSSR count). The van der Waals surface area contributed by atoms with Crippen LogP contribution in [0, 0.1) is 17.8 Å². The van der Waals surface area contributed by atoms with Crippen molar-refractivity contribution in [2.24, 2.45) is 17.8 Å². The minimum atomic E-state index is -2.01. The van der Waals surface area contributed by atoms with Crippen molar-refractivity contribution in [1.29, 1.82) is 0 Å². The van der Waals surface area contributed by atoms with Crippen molar-refractivity contribution < 1.29 is 48.7 Å². The molecule has 300 valence electrons. The number of rotatable bonds is 8. The van der Waals surface area contributed by atoms with Gasteiger partial charge >= 0.3 is 5.97 Å². The number of hydrogen-bond donors (Lipinski definition) is 4. The van der Waals surface area contributed by atoms with Gasteiger partial charge in [0.15, 0.2) is 12.1 Å². The van der Waals surface area contributed by atoms with Crippen LogP contribution in [0.15, 0.2) is 48.5 Å². The third-order valence-electron chi connectivity index (χ3n) is 11.3. The molecule has 2 aliphatic rings. The summed E-state index contributed by atoms with van der Waals surface area (Å²) in [6, 6.07) is 13.2. The van der Waals surface area contributed by atoms with Gasteiger partial charge < -0.3 is 44.5 Å². The fourth-order valence-electron chi connectivity index (χ4n) is 8.05. The first-order valence-electron chi connectivity index (χ1n) is 19.2. The quantitative estimate of drug-likeness (QED) is 0.225. The Morgan fingerprint density at radius 1 is 0.981 bits per heavy atom. The Morgan fingerprint density at radius 2 is 1.65 bits per heavy atom. The maximum atomic E-state index is 14.4. The number of benzene rings is 2. The van der Waals surface area contributed by atoms with Crippen molar-refractivity contribution in [3.8, 4) is 0 Å². The number of ketones is 1. The highest BCUT2D eigenvalue weighted by molar-refractivity contribution is 6.00. The summed E-state index contributed by atoms with van der Waals surface area (Å²) in [4.78, 5) is 43.5. The minimum Gasteiger partial charge on any atom is -0.459 e. The zero-order chi connectivity index (χ0) is 40.1. The Hall–Kier alpha value is -3.23. The Morgan fingerprint density at radius 3 is 2.31 bits per heavy atom. The molecule has 2 aromatic carbocycles. The number of fused-ring (bicyclic) bond motifs is 1. The highest BCUT2D eigenvalue weighted by Gasteiger charge is 2.51. The average molecular weight is 755 g/mol. The number of cyclic esters (lactones) is 1. The summed E-state index contributed by atoms with van der Waals surface area (Å²) in [7, 11) is 3.73. The van der Waals surface area contributed by atoms with Crippen molar-refractivity contribution in [3.63, 3.8) is 0 Å². The number of hydrogen-bond acceptors (Lipinski definition) is 11. The van der Waals surface area contributed by atoms with E-state index in [1.807, 2.05) is 80.5 Å². The van der Waals surface area contributed by atoms with Crippen LogP contribution in [0.2, 0.25) is 0 Å². The van der Waals surface area contributed by atoms with E-state index in [2.05, 4.69) is 5.32 Å². The summed E-state index contributed by atoms with van der Waals surface area (Å²) in [6.07, 6.45) is -1.82. The summed E-state index contributed by atoms with van der Waals surface area (Å²) >= 11 is 0. The van der Waals surface area contributed by atoms with Crippen molar-refractivity contribution in [3.05, 3.63) is 54.1 Å². The minimum absolute atomic E-state index is 0.0831. The van der Waals surface area contributed by atoms with Gasteiger partial charge in [-0.25, -0.2) is 0 Å². The fourth-order valence-corrected chi connectivity index (χ4v) is 8.05. The Kier molecular flexibility index (Phi) is 14.6. The van der Waals surface area contributed by atoms with Crippen LogP contribution < -0.4 is 5.32 Å². The van der Waals surface area contributed by atoms with Crippen LogP contribution in [0.25, 0.3) is 16.8 Å². The number of Topliss-reactive ketones (excluding diaryl/α,β-unsaturated/α-hetero) is 1. The van der Waals surface area contributed by atoms with Crippen molar-refractivity contribution in [2.45, 2.75) is 135 Å². The lowest BCUT2D eigenvalue weighted by molar-refractivity contribution is -0.296. The second kappa shape index (κ2) is 18.1. The first-order valence-corrected chi connectivity index (χ1v) is 19.2. The smallest absolute Gasteiger partial charge is 0.316 e. The van der Waals surface area contributed by atoms with Gasteiger partial charge in [0.25, 0.3) is 0 Å². The summed E-state index contributed by atoms with van der Waals surface area (Å²) < 4.78 is 25.3. The third kappa shape index (κ3) is 9.76. The second-order valence-corrected chi connectivity index (χ2v) is 16.0. The lowest BCUT2D eigenvalue weighted by Crippen LogP contribution is -2.60. The number of ether oxygens (including phenoxy) is 4. The summed E-state index contributed by atoms with van der Waals surface area (Å²) in [5.41, 5.74) is -2.34. The van der Waals surface area contributed by atoms with Gasteiger partial charge in [0.05, 0.1) is 36.4 Å². The molecule has 0 saturated carbocycles. The Bertz CT molecular complexity index is 1620. The number of amides is 1. The van der Waals surface area contributed by atoms with Gasteiger partial charge in [0.1, 0.15) is 23.7 Å². The molecule has 2 saturated heterocycles. The molecule has 0 aromatic heterocycles. The van der Waals surface area contributed by atoms with Crippen LogP contribution in [-0.4, -0.2) is 119 Å². The maximum absolute atomic E-state index is 14.4. The standard InChI is InChI=1S/C42H62N2O10/c1-11-33-42(8,50)36(47)28(6)38(48)43-24(2)23-41(7,51-21-15-19-30-18-14-17-29-16-12-13-20-31(29)30)37(26(4)34(45)27(5)39(49)53-33)54-40-35(46)32(44(9)10)22-25(3)52-40/h12-20,24-28,32-33,35-37,40,46-47,50H,11,21-23H2,1-10H3,(H,43,48). The Labute approximate surface area is 320 Å². The van der Waals surface area contributed by atoms with Gasteiger partial charge in [-0.3, -0.25) is 14.4 Å². The van der Waals surface area contributed by atoms with Crippen LogP contribution in [0.4, 0.5) is 0 Å². The second-order valence-electron chi connectivity index (χ2n) is 16.0. The number of aliphatic hydroxyl groups is 3. The van der Waals surface area contributed by atoms with Crippen molar-refractivity contribution >= 4 is 34.5 Å². The van der Waals surface area contributed by atoms with Gasteiger partial charge in [-0.2, -0.15) is 0 Å². The van der Waals surface area contributed by atoms with Gasteiger partial charge in [0.2, 0.25) is 5.91 Å². The van der Waals surface area contributed by atoms with E-state index in [1.165, 1.54) is 20.8 Å². The van der Waals surface area contributed by atoms with Gasteiger partial charge in [-0.1, -0.05) is 75.4 Å². The third-order valence-corrected chi connectivity index (χ3v) is 11.3. The van der Waals surface area contributed by atoms with E-state index >= 15 is 0 Å². The molecule has 54 heavy (non-hydrogen) atoms. The number of nitrogens with zero attached hydrogens (tertiary/aromatic N) is 1. The molecule has 13 atom stereocenters. The van der Waals surface area contributed by atoms with E-state index in [1.54, 1.807) is 27.7 Å². The van der Waals surface area contributed by atoms with Crippen molar-refractivity contribution in [1.82, 2.24) is 10.2 Å². The number of aliphatic hydroxyl groups excluding tert-OH is 2. The molecular formula is C42H62N2O10. The van der Waals surface area contributed by atoms with Crippen LogP contribution in [0.1, 0.15) is 80.2 Å². The molecule has 4 N–H and O–H groups in total. The van der Waals surface area contributed by atoms with Crippen LogP contribution in [0.5, 0.6) is 0 Å². The number of nitrogens with one attached hydrogen (secondary N) is 1. The monoisotopic (exact) mass is 754 g/mol. The molecule has 0 radical (unpaired) electrons. The van der Waals surface area contributed by atoms with Crippen LogP contribution in [-0.2, 0) is 33.3 Å². The lowest BCUT2D eigenvalue weighted by Gasteiger charge is -2.47. The largest absolute Gasteiger partial charge is 0.459 e. The fraction of sp³-hybridized carbons (Fsp3) is 0.643. The molecule has 1 amide bonds. The summed E-state index contributed by atoms with van der Waals surface area (Å²) in [5, 5.41) is 39.3. The zero-order valence-electron chi connectivity index (χ0n) is 33.5. The molecule has 2 heterocycles. The molecule has 2 fully saturated rings. The molecule has 0 bridgehead atoms. The molecule has 0 aliphatic carbocycles. The number of carbonyl (C=O) groups excluding carboxylic acids is 3. The molecule has 0 spiro atoms. The SMILES string of the molecule is CCC1OC(=O)C(C)C(=O)C(C)C(OC2OC(C)CC(N(C)C)C2O)C(C)(OCC=Cc2cccc3ccccc23)CC(C)NC(=O)C(C)C(O)C1(C)O. The summed E-state index contributed by atoms with van der Waals surface area (Å²) in [6.45, 7) is 13.1. The topological polar surface area (TPSA) is 164 Å². The molecule has 12 nitrogen and oxygen atoms in total. The van der Waals surface area contributed by atoms with Gasteiger partial charge in [-0.15, -0.1) is 0 Å². The maximum Gasteiger partial charge on any atom is 0.316 e. The number of carbonyl (C=O) groups is 3. The molecule has 2 aromatic rings. The molecule has 13 unspecified atom stereocenters. The predicted octanol–water partition coefficient (Wildman–Crippen LogP) is 4.26.